The van der Waals surface area contributed by atoms with E-state index < -0.39 is 21.4 Å². The minimum absolute atomic E-state index is 0.0766. The first-order chi connectivity index (χ1) is 19.5. The zero-order valence-corrected chi connectivity index (χ0v) is 24.4. The van der Waals surface area contributed by atoms with Gasteiger partial charge in [0.15, 0.2) is 15.8 Å². The molecule has 0 aromatic heterocycles. The van der Waals surface area contributed by atoms with Gasteiger partial charge < -0.3 is 11.1 Å². The smallest absolute Gasteiger partial charge is 0.251 e. The molecule has 2 atom stereocenters. The number of carbonyl (C=O) groups excluding carboxylic acids is 2. The number of nitrogens with zero attached hydrogens (tertiary/aromatic N) is 2. The van der Waals surface area contributed by atoms with E-state index in [1.807, 2.05) is 38.1 Å². The Balaban J connectivity index is 1.56. The number of hydrogen-bond donors (Lipinski definition) is 2. The summed E-state index contributed by atoms with van der Waals surface area (Å²) >= 11 is 0. The number of carbonyl (C=O) groups is 2. The summed E-state index contributed by atoms with van der Waals surface area (Å²) in [7, 11) is -3.51. The van der Waals surface area contributed by atoms with E-state index in [4.69, 9.17) is 10.7 Å². The van der Waals surface area contributed by atoms with Gasteiger partial charge in [0, 0.05) is 11.8 Å². The fraction of sp³-hybridized carbons (Fsp3) is 0.344. The highest BCUT2D eigenvalue weighted by molar-refractivity contribution is 7.90. The van der Waals surface area contributed by atoms with Crippen molar-refractivity contribution in [3.05, 3.63) is 101 Å². The molecule has 214 valence electrons. The second kappa shape index (κ2) is 11.1. The Labute approximate surface area is 241 Å². The number of benzene rings is 3. The summed E-state index contributed by atoms with van der Waals surface area (Å²) in [5.74, 6) is -0.342. The summed E-state index contributed by atoms with van der Waals surface area (Å²) in [4.78, 5) is 33.5. The van der Waals surface area contributed by atoms with Crippen molar-refractivity contribution in [1.29, 1.82) is 0 Å². The summed E-state index contributed by atoms with van der Waals surface area (Å²) in [6.07, 6.45) is 4.40. The molecule has 3 aromatic rings. The first-order valence-corrected chi connectivity index (χ1v) is 15.9. The van der Waals surface area contributed by atoms with Gasteiger partial charge >= 0.3 is 0 Å². The Bertz CT molecular complexity index is 1630. The second-order valence-electron chi connectivity index (χ2n) is 11.0. The van der Waals surface area contributed by atoms with Gasteiger partial charge in [-0.1, -0.05) is 62.4 Å². The van der Waals surface area contributed by atoms with Gasteiger partial charge in [0.05, 0.1) is 28.9 Å². The minimum Gasteiger partial charge on any atom is -0.369 e. The maximum Gasteiger partial charge on any atom is 0.251 e. The highest BCUT2D eigenvalue weighted by Crippen LogP contribution is 2.37. The maximum atomic E-state index is 13.7. The SMILES string of the molecule is CCC1(CC)CC(=O)N(C(c2cccc(C(=O)N[C@H]3CCc4ccccc43)c2)c2cccc(S(C)(=O)=O)c2)C(N)=N1. The quantitative estimate of drug-likeness (QED) is 0.405. The van der Waals surface area contributed by atoms with Gasteiger partial charge in [-0.2, -0.15) is 0 Å². The van der Waals surface area contributed by atoms with Crippen LogP contribution in [0.2, 0.25) is 0 Å². The molecule has 1 unspecified atom stereocenters. The van der Waals surface area contributed by atoms with E-state index in [-0.39, 0.29) is 35.1 Å². The number of fused-ring (bicyclic) bond motifs is 1. The van der Waals surface area contributed by atoms with Crippen LogP contribution < -0.4 is 11.1 Å². The van der Waals surface area contributed by atoms with Crippen LogP contribution >= 0.6 is 0 Å². The molecule has 0 bridgehead atoms. The summed E-state index contributed by atoms with van der Waals surface area (Å²) in [6, 6.07) is 20.8. The zero-order valence-electron chi connectivity index (χ0n) is 23.6. The average molecular weight is 573 g/mol. The van der Waals surface area contributed by atoms with E-state index in [0.29, 0.717) is 29.5 Å². The molecule has 3 aromatic carbocycles. The van der Waals surface area contributed by atoms with Crippen LogP contribution in [-0.2, 0) is 21.1 Å². The van der Waals surface area contributed by atoms with Crippen LogP contribution in [0.4, 0.5) is 0 Å². The van der Waals surface area contributed by atoms with Crippen molar-refractivity contribution in [3.63, 3.8) is 0 Å². The molecule has 8 nitrogen and oxygen atoms in total. The maximum absolute atomic E-state index is 13.7. The number of rotatable bonds is 8. The van der Waals surface area contributed by atoms with Gasteiger partial charge in [-0.15, -0.1) is 0 Å². The van der Waals surface area contributed by atoms with Gasteiger partial charge in [0.25, 0.3) is 5.91 Å². The topological polar surface area (TPSA) is 122 Å². The lowest BCUT2D eigenvalue weighted by Crippen LogP contribution is -2.52. The number of aryl methyl sites for hydroxylation is 1. The van der Waals surface area contributed by atoms with E-state index in [1.165, 1.54) is 16.5 Å². The largest absolute Gasteiger partial charge is 0.369 e. The van der Waals surface area contributed by atoms with E-state index in [2.05, 4.69) is 11.4 Å². The van der Waals surface area contributed by atoms with Gasteiger partial charge in [0.1, 0.15) is 0 Å². The molecule has 0 saturated heterocycles. The lowest BCUT2D eigenvalue weighted by Gasteiger charge is -2.40. The van der Waals surface area contributed by atoms with Crippen LogP contribution in [0.5, 0.6) is 0 Å². The predicted octanol–water partition coefficient (Wildman–Crippen LogP) is 4.70. The van der Waals surface area contributed by atoms with E-state index in [1.54, 1.807) is 36.4 Å². The molecular formula is C32H36N4O4S. The predicted molar refractivity (Wildman–Crippen MR) is 159 cm³/mol. The first kappa shape index (κ1) is 28.5. The molecule has 0 fully saturated rings. The van der Waals surface area contributed by atoms with Crippen LogP contribution in [0.25, 0.3) is 0 Å². The van der Waals surface area contributed by atoms with Crippen molar-refractivity contribution >= 4 is 27.6 Å². The molecule has 1 aliphatic carbocycles. The normalized spacial score (nSPS) is 18.9. The number of amides is 2. The number of nitrogens with one attached hydrogen (secondary N) is 1. The molecule has 0 radical (unpaired) electrons. The fourth-order valence-corrected chi connectivity index (χ4v) is 6.65. The number of hydrogen-bond acceptors (Lipinski definition) is 6. The van der Waals surface area contributed by atoms with Gasteiger partial charge in [-0.25, -0.2) is 13.4 Å². The van der Waals surface area contributed by atoms with Crippen LogP contribution in [-0.4, -0.2) is 42.9 Å². The van der Waals surface area contributed by atoms with Crippen molar-refractivity contribution in [2.45, 2.75) is 68.5 Å². The molecule has 0 saturated carbocycles. The number of guanidine groups is 1. The van der Waals surface area contributed by atoms with E-state index in [0.717, 1.165) is 24.7 Å². The summed E-state index contributed by atoms with van der Waals surface area (Å²) < 4.78 is 24.9. The van der Waals surface area contributed by atoms with Crippen LogP contribution in [0, 0.1) is 0 Å². The molecule has 0 spiro atoms. The van der Waals surface area contributed by atoms with Gasteiger partial charge in [0.2, 0.25) is 5.91 Å². The minimum atomic E-state index is -3.51. The lowest BCUT2D eigenvalue weighted by atomic mass is 9.86. The van der Waals surface area contributed by atoms with Gasteiger partial charge in [-0.3, -0.25) is 14.5 Å². The average Bonchev–Trinajstić information content (AvgIpc) is 3.37. The molecule has 2 amide bonds. The molecule has 3 N–H and O–H groups in total. The summed E-state index contributed by atoms with van der Waals surface area (Å²) in [5, 5.41) is 3.16. The molecule has 1 aliphatic heterocycles. The Hall–Kier alpha value is -3.98. The summed E-state index contributed by atoms with van der Waals surface area (Å²) in [6.45, 7) is 3.97. The Morgan fingerprint density at radius 3 is 2.41 bits per heavy atom. The van der Waals surface area contributed by atoms with E-state index >= 15 is 0 Å². The van der Waals surface area contributed by atoms with Gasteiger partial charge in [-0.05, 0) is 72.2 Å². The highest BCUT2D eigenvalue weighted by Gasteiger charge is 2.41. The first-order valence-electron chi connectivity index (χ1n) is 14.0. The fourth-order valence-electron chi connectivity index (χ4n) is 5.97. The van der Waals surface area contributed by atoms with Crippen molar-refractivity contribution in [1.82, 2.24) is 10.2 Å². The van der Waals surface area contributed by atoms with Crippen molar-refractivity contribution < 1.29 is 18.0 Å². The number of sulfone groups is 1. The van der Waals surface area contributed by atoms with Crippen molar-refractivity contribution in [2.24, 2.45) is 10.7 Å². The summed E-state index contributed by atoms with van der Waals surface area (Å²) in [5.41, 5.74) is 9.93. The van der Waals surface area contributed by atoms with Crippen molar-refractivity contribution in [2.75, 3.05) is 6.26 Å². The van der Waals surface area contributed by atoms with Crippen molar-refractivity contribution in [3.8, 4) is 0 Å². The lowest BCUT2D eigenvalue weighted by molar-refractivity contribution is -0.131. The van der Waals surface area contributed by atoms with Crippen LogP contribution in [0.1, 0.15) is 84.2 Å². The third-order valence-corrected chi connectivity index (χ3v) is 9.54. The zero-order chi connectivity index (χ0) is 29.4. The molecule has 5 rings (SSSR count). The second-order valence-corrected chi connectivity index (χ2v) is 13.0. The number of aliphatic imine (C=N–C) groups is 1. The van der Waals surface area contributed by atoms with Crippen LogP contribution in [0.3, 0.4) is 0 Å². The van der Waals surface area contributed by atoms with Crippen LogP contribution in [0.15, 0.2) is 82.7 Å². The third-order valence-electron chi connectivity index (χ3n) is 8.43. The molecule has 2 aliphatic rings. The molecule has 1 heterocycles. The third kappa shape index (κ3) is 5.63. The molecule has 41 heavy (non-hydrogen) atoms. The monoisotopic (exact) mass is 572 g/mol. The number of nitrogens with two attached hydrogens (primary N) is 1. The Kier molecular flexibility index (Phi) is 7.74. The Morgan fingerprint density at radius 1 is 1.05 bits per heavy atom. The molecular weight excluding hydrogens is 536 g/mol. The highest BCUT2D eigenvalue weighted by atomic mass is 32.2. The van der Waals surface area contributed by atoms with E-state index in [9.17, 15) is 18.0 Å². The standard InChI is InChI=1S/C32H36N4O4S/c1-4-32(5-2)20-28(37)36(31(33)35-32)29(23-12-9-14-25(19-23)41(3,39)40)22-11-8-13-24(18-22)30(38)34-27-17-16-21-10-6-7-15-26(21)27/h6-15,18-19,27,29H,4-5,16-17,20H2,1-3H3,(H2,33,35)(H,34,38)/t27-,29?/m0/s1. The molecule has 9 heteroatoms. The Morgan fingerprint density at radius 2 is 1.73 bits per heavy atom.